The molecule has 0 spiro atoms. The maximum Gasteiger partial charge on any atom is 0.488 e. The molecule has 3 aliphatic rings. The summed E-state index contributed by atoms with van der Waals surface area (Å²) in [5, 5.41) is 122. The van der Waals surface area contributed by atoms with Crippen molar-refractivity contribution in [1.82, 2.24) is 36.4 Å². The molecular formula is C58H89BN8O19. The number of fused-ring (bicyclic) bond motifs is 2. The molecule has 86 heavy (non-hydrogen) atoms. The average Bonchev–Trinajstić information content (AvgIpc) is 2.19. The summed E-state index contributed by atoms with van der Waals surface area (Å²) in [4.78, 5) is 115. The Hall–Kier alpha value is -6.34. The van der Waals surface area contributed by atoms with Crippen molar-refractivity contribution >= 4 is 59.8 Å². The van der Waals surface area contributed by atoms with Crippen LogP contribution < -0.4 is 37.8 Å². The predicted octanol–water partition coefficient (Wildman–Crippen LogP) is -3.39. The van der Waals surface area contributed by atoms with E-state index in [4.69, 9.17) is 10.5 Å². The van der Waals surface area contributed by atoms with Gasteiger partial charge in [0.25, 0.3) is 0 Å². The SMILES string of the molecule is CC[C@H](C)C[C@H](C)CCCCCCCCC(=O)N[C@H]1C[C@@H](O)C(OCCc2ccccc2B(O)O)NC(=O)[C@@H]2[C@@H](O)CCN2C(=O)[C@H]([C@H](O)CC(N)=O)NC(=O)[C@H]([C@H](O)[C@@H](O)c2ccc(O)cc2)NC(=O)[C@@H]2C[C@@H](O)CN2C(=O)[C@H]([C@@H](C)O)NC1=O. The molecule has 2 aromatic rings. The van der Waals surface area contributed by atoms with E-state index in [1.54, 1.807) is 18.2 Å². The number of hydrogen-bond acceptors (Lipinski definition) is 19. The molecule has 16 atom stereocenters. The number of phenols is 1. The highest BCUT2D eigenvalue weighted by molar-refractivity contribution is 6.59. The molecule has 0 radical (unpaired) electrons. The van der Waals surface area contributed by atoms with Crippen molar-refractivity contribution in [2.45, 2.75) is 209 Å². The number of aliphatic hydroxyl groups excluding tert-OH is 7. The number of ether oxygens (including phenoxy) is 1. The number of carbonyl (C=O) groups excluding carboxylic acids is 8. The number of unbranched alkanes of at least 4 members (excludes halogenated alkanes) is 5. The van der Waals surface area contributed by atoms with Crippen molar-refractivity contribution in [2.24, 2.45) is 17.6 Å². The normalized spacial score (nSPS) is 26.8. The van der Waals surface area contributed by atoms with Crippen LogP contribution in [0.4, 0.5) is 0 Å². The van der Waals surface area contributed by atoms with Crippen LogP contribution in [0.25, 0.3) is 0 Å². The molecule has 478 valence electrons. The number of hydrogen-bond donors (Lipinski definition) is 16. The van der Waals surface area contributed by atoms with Crippen molar-refractivity contribution in [2.75, 3.05) is 19.7 Å². The first kappa shape index (κ1) is 70.4. The van der Waals surface area contributed by atoms with Crippen molar-refractivity contribution < 1.29 is 94.0 Å². The lowest BCUT2D eigenvalue weighted by Crippen LogP contribution is -2.64. The molecule has 0 aliphatic carbocycles. The van der Waals surface area contributed by atoms with Crippen LogP contribution >= 0.6 is 0 Å². The van der Waals surface area contributed by atoms with Crippen molar-refractivity contribution in [3.63, 3.8) is 0 Å². The highest BCUT2D eigenvalue weighted by atomic mass is 16.5. The lowest BCUT2D eigenvalue weighted by molar-refractivity contribution is -0.150. The van der Waals surface area contributed by atoms with E-state index >= 15 is 0 Å². The number of aliphatic hydroxyl groups is 7. The largest absolute Gasteiger partial charge is 0.508 e. The summed E-state index contributed by atoms with van der Waals surface area (Å²) in [7, 11) is -1.92. The topological polar surface area (TPSA) is 441 Å². The molecule has 1 unspecified atom stereocenters. The van der Waals surface area contributed by atoms with Gasteiger partial charge in [-0.3, -0.25) is 38.4 Å². The number of amides is 8. The number of aromatic hydroxyl groups is 1. The van der Waals surface area contributed by atoms with E-state index in [1.165, 1.54) is 12.5 Å². The highest BCUT2D eigenvalue weighted by Gasteiger charge is 2.49. The molecule has 3 fully saturated rings. The van der Waals surface area contributed by atoms with Crippen LogP contribution in [-0.2, 0) is 49.5 Å². The van der Waals surface area contributed by atoms with Gasteiger partial charge in [-0.05, 0) is 73.2 Å². The lowest BCUT2D eigenvalue weighted by atomic mass is 9.76. The highest BCUT2D eigenvalue weighted by Crippen LogP contribution is 2.27. The van der Waals surface area contributed by atoms with E-state index < -0.39 is 179 Å². The number of carbonyl (C=O) groups is 8. The Morgan fingerprint density at radius 3 is 2.02 bits per heavy atom. The fraction of sp³-hybridized carbons (Fsp3) is 0.655. The van der Waals surface area contributed by atoms with Crippen LogP contribution in [-0.4, -0.2) is 214 Å². The zero-order valence-corrected chi connectivity index (χ0v) is 49.3. The van der Waals surface area contributed by atoms with Crippen molar-refractivity contribution in [3.05, 3.63) is 59.7 Å². The first-order valence-corrected chi connectivity index (χ1v) is 29.7. The molecule has 3 aliphatic heterocycles. The second-order valence-electron chi connectivity index (χ2n) is 23.3. The predicted molar refractivity (Wildman–Crippen MR) is 309 cm³/mol. The summed E-state index contributed by atoms with van der Waals surface area (Å²) in [5.41, 5.74) is 5.73. The minimum Gasteiger partial charge on any atom is -0.508 e. The number of benzene rings is 2. The Morgan fingerprint density at radius 2 is 1.37 bits per heavy atom. The molecule has 5 rings (SSSR count). The molecule has 8 amide bonds. The Bertz CT molecular complexity index is 2590. The summed E-state index contributed by atoms with van der Waals surface area (Å²) in [6.07, 6.45) is -10.2. The smallest absolute Gasteiger partial charge is 0.488 e. The first-order valence-electron chi connectivity index (χ1n) is 29.7. The van der Waals surface area contributed by atoms with E-state index in [0.717, 1.165) is 79.5 Å². The van der Waals surface area contributed by atoms with Gasteiger partial charge in [-0.1, -0.05) is 102 Å². The Kier molecular flexibility index (Phi) is 27.6. The Morgan fingerprint density at radius 1 is 0.744 bits per heavy atom. The maximum absolute atomic E-state index is 14.8. The number of nitrogens with two attached hydrogens (primary N) is 1. The maximum atomic E-state index is 14.8. The molecule has 3 heterocycles. The minimum atomic E-state index is -2.39. The molecule has 17 N–H and O–H groups in total. The second-order valence-corrected chi connectivity index (χ2v) is 23.3. The summed E-state index contributed by atoms with van der Waals surface area (Å²) in [6, 6.07) is -1.41. The Balaban J connectivity index is 1.55. The quantitative estimate of drug-likeness (QED) is 0.0340. The van der Waals surface area contributed by atoms with Crippen LogP contribution in [0.5, 0.6) is 5.75 Å². The minimum absolute atomic E-state index is 0.0871. The molecule has 2 aromatic carbocycles. The first-order chi connectivity index (χ1) is 40.7. The molecular weight excluding hydrogens is 1120 g/mol. The number of phenolic OH excluding ortho intramolecular Hbond substituents is 1. The molecule has 0 saturated carbocycles. The van der Waals surface area contributed by atoms with Gasteiger partial charge in [0.2, 0.25) is 47.3 Å². The summed E-state index contributed by atoms with van der Waals surface area (Å²) in [6.45, 7) is 6.32. The summed E-state index contributed by atoms with van der Waals surface area (Å²) in [5.74, 6) is -8.60. The molecule has 0 bridgehead atoms. The van der Waals surface area contributed by atoms with E-state index in [1.807, 2.05) is 0 Å². The van der Waals surface area contributed by atoms with Gasteiger partial charge in [0, 0.05) is 32.4 Å². The van der Waals surface area contributed by atoms with Crippen LogP contribution in [0.1, 0.15) is 135 Å². The number of nitrogens with one attached hydrogen (secondary N) is 5. The fourth-order valence-electron chi connectivity index (χ4n) is 11.2. The van der Waals surface area contributed by atoms with Gasteiger partial charge in [-0.2, -0.15) is 0 Å². The van der Waals surface area contributed by atoms with Crippen LogP contribution in [0.2, 0.25) is 0 Å². The monoisotopic (exact) mass is 1210 g/mol. The van der Waals surface area contributed by atoms with Crippen molar-refractivity contribution in [3.8, 4) is 5.75 Å². The van der Waals surface area contributed by atoms with Crippen molar-refractivity contribution in [1.29, 1.82) is 0 Å². The lowest BCUT2D eigenvalue weighted by Gasteiger charge is -2.34. The third-order valence-corrected chi connectivity index (χ3v) is 16.3. The van der Waals surface area contributed by atoms with Gasteiger partial charge in [0.05, 0.1) is 37.4 Å². The van der Waals surface area contributed by atoms with Crippen LogP contribution in [0, 0.1) is 11.8 Å². The van der Waals surface area contributed by atoms with Crippen LogP contribution in [0.15, 0.2) is 48.5 Å². The van der Waals surface area contributed by atoms with E-state index in [2.05, 4.69) is 47.4 Å². The van der Waals surface area contributed by atoms with Gasteiger partial charge >= 0.3 is 7.12 Å². The second kappa shape index (κ2) is 33.7. The number of rotatable bonds is 25. The van der Waals surface area contributed by atoms with E-state index in [9.17, 15) is 89.3 Å². The third kappa shape index (κ3) is 20.1. The number of nitrogens with zero attached hydrogens (tertiary/aromatic N) is 2. The summed E-state index contributed by atoms with van der Waals surface area (Å²) >= 11 is 0. The van der Waals surface area contributed by atoms with E-state index in [0.29, 0.717) is 30.2 Å². The zero-order valence-electron chi connectivity index (χ0n) is 49.3. The summed E-state index contributed by atoms with van der Waals surface area (Å²) < 4.78 is 6.05. The van der Waals surface area contributed by atoms with Gasteiger partial charge in [-0.25, -0.2) is 0 Å². The van der Waals surface area contributed by atoms with Gasteiger partial charge in [-0.15, -0.1) is 0 Å². The van der Waals surface area contributed by atoms with Gasteiger partial charge in [0.1, 0.15) is 60.3 Å². The van der Waals surface area contributed by atoms with Crippen LogP contribution in [0.3, 0.4) is 0 Å². The molecule has 0 aromatic heterocycles. The molecule has 28 heteroatoms. The van der Waals surface area contributed by atoms with Gasteiger partial charge in [0.15, 0.2) is 6.23 Å². The number of primary amides is 1. The fourth-order valence-corrected chi connectivity index (χ4v) is 11.2. The molecule has 3 saturated heterocycles. The third-order valence-electron chi connectivity index (χ3n) is 16.3. The van der Waals surface area contributed by atoms with E-state index in [-0.39, 0.29) is 36.0 Å². The van der Waals surface area contributed by atoms with Gasteiger partial charge < -0.3 is 97.8 Å². The zero-order chi connectivity index (χ0) is 63.5. The standard InChI is InChI=1S/C58H89BN8O19/c1-5-31(2)26-32(3)14-10-8-6-7-9-11-17-45(75)61-39-28-43(73)56(86-25-23-34-15-12-13-16-38(34)59(84)85)65-55(81)49-41(71)22-24-66(49)58(83)47(42(72)29-44(60)74)63-54(80)48(51(77)50(76)35-18-20-36(69)21-19-35)64-53(79)40-27-37(70)30-67(40)57(82)46(33(4)68)62-52(39)78/h12-13,15-16,18-21,31-33,37,39-43,46-51,56,68-73,76-77,84-85H,5-11,14,17,22-30H2,1-4H3,(H2,60,74)(H,61,75)(H,62,78)(H,63,80)(H,64,79)(H,65,81)/t31-,32+,33+,37+,39-,40-,41-,42+,43+,46-,47-,48-,49-,50-,51-,56?/m0/s1. The Labute approximate surface area is 500 Å². The molecule has 27 nitrogen and oxygen atoms in total. The average molecular weight is 1210 g/mol.